The summed E-state index contributed by atoms with van der Waals surface area (Å²) >= 11 is 1.93. The number of nitrogens with one attached hydrogen (secondary N) is 1. The van der Waals surface area contributed by atoms with Crippen LogP contribution in [0.3, 0.4) is 0 Å². The molecule has 106 valence electrons. The molecule has 0 amide bonds. The third-order valence-corrected chi connectivity index (χ3v) is 4.43. The van der Waals surface area contributed by atoms with E-state index in [1.165, 1.54) is 5.56 Å². The van der Waals surface area contributed by atoms with Crippen molar-refractivity contribution in [2.75, 3.05) is 24.7 Å². The van der Waals surface area contributed by atoms with Gasteiger partial charge in [0.25, 0.3) is 0 Å². The molecule has 1 aliphatic rings. The molecule has 1 aromatic rings. The minimum Gasteiger partial charge on any atom is -0.494 e. The number of hydrogen-bond donors (Lipinski definition) is 2. The van der Waals surface area contributed by atoms with Gasteiger partial charge < -0.3 is 15.2 Å². The van der Waals surface area contributed by atoms with Crippen molar-refractivity contribution < 1.29 is 9.84 Å². The number of rotatable bonds is 6. The molecule has 0 aliphatic carbocycles. The molecule has 0 saturated carbocycles. The average molecular weight is 281 g/mol. The molecular weight excluding hydrogens is 258 g/mol. The van der Waals surface area contributed by atoms with Crippen LogP contribution in [0.2, 0.25) is 0 Å². The SMILES string of the molecule is CCOc1ccc(CNCC2(O)CCSCC2)cc1. The van der Waals surface area contributed by atoms with Crippen molar-refractivity contribution in [3.8, 4) is 5.75 Å². The Hall–Kier alpha value is -0.710. The van der Waals surface area contributed by atoms with Crippen LogP contribution < -0.4 is 10.1 Å². The zero-order chi connectivity index (χ0) is 13.6. The van der Waals surface area contributed by atoms with Crippen molar-refractivity contribution in [3.63, 3.8) is 0 Å². The standard InChI is InChI=1S/C15H23NO2S/c1-2-18-14-5-3-13(4-6-14)11-16-12-15(17)7-9-19-10-8-15/h3-6,16-17H,2,7-12H2,1H3. The highest BCUT2D eigenvalue weighted by Crippen LogP contribution is 2.26. The maximum absolute atomic E-state index is 10.4. The van der Waals surface area contributed by atoms with E-state index in [2.05, 4.69) is 17.4 Å². The van der Waals surface area contributed by atoms with Crippen LogP contribution in [0.4, 0.5) is 0 Å². The van der Waals surface area contributed by atoms with Gasteiger partial charge in [-0.3, -0.25) is 0 Å². The van der Waals surface area contributed by atoms with Crippen LogP contribution in [0, 0.1) is 0 Å². The Morgan fingerprint density at radius 2 is 1.95 bits per heavy atom. The van der Waals surface area contributed by atoms with Crippen molar-refractivity contribution in [1.29, 1.82) is 0 Å². The normalized spacial score (nSPS) is 18.2. The molecule has 1 fully saturated rings. The van der Waals surface area contributed by atoms with Gasteiger partial charge in [-0.1, -0.05) is 12.1 Å². The third-order valence-electron chi connectivity index (χ3n) is 3.44. The maximum Gasteiger partial charge on any atom is 0.119 e. The molecule has 2 N–H and O–H groups in total. The van der Waals surface area contributed by atoms with Crippen LogP contribution in [0.5, 0.6) is 5.75 Å². The number of hydrogen-bond acceptors (Lipinski definition) is 4. The summed E-state index contributed by atoms with van der Waals surface area (Å²) in [6, 6.07) is 8.12. The van der Waals surface area contributed by atoms with Gasteiger partial charge in [-0.25, -0.2) is 0 Å². The summed E-state index contributed by atoms with van der Waals surface area (Å²) in [6.07, 6.45) is 1.79. The first-order chi connectivity index (χ1) is 9.22. The van der Waals surface area contributed by atoms with Crippen LogP contribution in [-0.4, -0.2) is 35.4 Å². The van der Waals surface area contributed by atoms with E-state index in [0.717, 1.165) is 36.6 Å². The lowest BCUT2D eigenvalue weighted by molar-refractivity contribution is 0.0320. The van der Waals surface area contributed by atoms with Crippen molar-refractivity contribution in [2.45, 2.75) is 31.9 Å². The fourth-order valence-electron chi connectivity index (χ4n) is 2.24. The molecule has 0 radical (unpaired) electrons. The highest BCUT2D eigenvalue weighted by molar-refractivity contribution is 7.99. The van der Waals surface area contributed by atoms with Gasteiger partial charge in [0.05, 0.1) is 12.2 Å². The topological polar surface area (TPSA) is 41.5 Å². The molecule has 2 rings (SSSR count). The highest BCUT2D eigenvalue weighted by Gasteiger charge is 2.28. The van der Waals surface area contributed by atoms with Crippen molar-refractivity contribution in [1.82, 2.24) is 5.32 Å². The van der Waals surface area contributed by atoms with Gasteiger partial charge in [0.15, 0.2) is 0 Å². The van der Waals surface area contributed by atoms with E-state index in [4.69, 9.17) is 4.74 Å². The first-order valence-electron chi connectivity index (χ1n) is 6.94. The Kier molecular flexibility index (Phi) is 5.55. The minimum absolute atomic E-state index is 0.503. The van der Waals surface area contributed by atoms with E-state index in [1.807, 2.05) is 30.8 Å². The quantitative estimate of drug-likeness (QED) is 0.840. The summed E-state index contributed by atoms with van der Waals surface area (Å²) < 4.78 is 5.41. The van der Waals surface area contributed by atoms with Gasteiger partial charge in [-0.15, -0.1) is 0 Å². The fraction of sp³-hybridized carbons (Fsp3) is 0.600. The van der Waals surface area contributed by atoms with Gasteiger partial charge in [0, 0.05) is 13.1 Å². The Morgan fingerprint density at radius 1 is 1.26 bits per heavy atom. The molecule has 0 spiro atoms. The predicted octanol–water partition coefficient (Wildman–Crippen LogP) is 2.43. The Labute approximate surface area is 119 Å². The molecule has 1 aromatic carbocycles. The summed E-state index contributed by atoms with van der Waals surface area (Å²) in [7, 11) is 0. The largest absolute Gasteiger partial charge is 0.494 e. The third kappa shape index (κ3) is 4.71. The van der Waals surface area contributed by atoms with Crippen LogP contribution in [-0.2, 0) is 6.54 Å². The Balaban J connectivity index is 1.75. The molecule has 1 aliphatic heterocycles. The molecule has 3 nitrogen and oxygen atoms in total. The molecule has 0 aromatic heterocycles. The van der Waals surface area contributed by atoms with Crippen molar-refractivity contribution >= 4 is 11.8 Å². The second-order valence-corrected chi connectivity index (χ2v) is 6.24. The van der Waals surface area contributed by atoms with Crippen LogP contribution in [0.15, 0.2) is 24.3 Å². The summed E-state index contributed by atoms with van der Waals surface area (Å²) in [5.41, 5.74) is 0.716. The second kappa shape index (κ2) is 7.17. The molecule has 1 heterocycles. The van der Waals surface area contributed by atoms with Gasteiger partial charge in [0.1, 0.15) is 5.75 Å². The molecule has 1 saturated heterocycles. The van der Waals surface area contributed by atoms with Gasteiger partial charge >= 0.3 is 0 Å². The molecular formula is C15H23NO2S. The van der Waals surface area contributed by atoms with E-state index < -0.39 is 5.60 Å². The summed E-state index contributed by atoms with van der Waals surface area (Å²) in [6.45, 7) is 4.16. The van der Waals surface area contributed by atoms with E-state index in [0.29, 0.717) is 13.2 Å². The van der Waals surface area contributed by atoms with E-state index in [-0.39, 0.29) is 0 Å². The number of benzene rings is 1. The van der Waals surface area contributed by atoms with Gasteiger partial charge in [0.2, 0.25) is 0 Å². The van der Waals surface area contributed by atoms with E-state index >= 15 is 0 Å². The Morgan fingerprint density at radius 3 is 2.58 bits per heavy atom. The minimum atomic E-state index is -0.503. The summed E-state index contributed by atoms with van der Waals surface area (Å²) in [5, 5.41) is 13.7. The molecule has 0 unspecified atom stereocenters. The molecule has 4 heteroatoms. The zero-order valence-electron chi connectivity index (χ0n) is 11.5. The average Bonchev–Trinajstić information content (AvgIpc) is 2.42. The first-order valence-corrected chi connectivity index (χ1v) is 8.10. The lowest BCUT2D eigenvalue weighted by atomic mass is 9.97. The maximum atomic E-state index is 10.4. The lowest BCUT2D eigenvalue weighted by Crippen LogP contribution is -2.43. The van der Waals surface area contributed by atoms with Gasteiger partial charge in [-0.2, -0.15) is 11.8 Å². The molecule has 0 atom stereocenters. The van der Waals surface area contributed by atoms with E-state index in [1.54, 1.807) is 0 Å². The van der Waals surface area contributed by atoms with Crippen molar-refractivity contribution in [3.05, 3.63) is 29.8 Å². The lowest BCUT2D eigenvalue weighted by Gasteiger charge is -2.32. The summed E-state index contributed by atoms with van der Waals surface area (Å²) in [5.74, 6) is 3.05. The fourth-order valence-corrected chi connectivity index (χ4v) is 3.49. The van der Waals surface area contributed by atoms with Crippen LogP contribution >= 0.6 is 11.8 Å². The van der Waals surface area contributed by atoms with E-state index in [9.17, 15) is 5.11 Å². The van der Waals surface area contributed by atoms with Crippen LogP contribution in [0.1, 0.15) is 25.3 Å². The Bertz CT molecular complexity index is 374. The first kappa shape index (κ1) is 14.7. The van der Waals surface area contributed by atoms with Crippen molar-refractivity contribution in [2.24, 2.45) is 0 Å². The number of thioether (sulfide) groups is 1. The highest BCUT2D eigenvalue weighted by atomic mass is 32.2. The smallest absolute Gasteiger partial charge is 0.119 e. The number of aliphatic hydroxyl groups is 1. The van der Waals surface area contributed by atoms with Crippen LogP contribution in [0.25, 0.3) is 0 Å². The summed E-state index contributed by atoms with van der Waals surface area (Å²) in [4.78, 5) is 0. The molecule has 0 bridgehead atoms. The monoisotopic (exact) mass is 281 g/mol. The predicted molar refractivity (Wildman–Crippen MR) is 80.8 cm³/mol. The number of ether oxygens (including phenoxy) is 1. The zero-order valence-corrected chi connectivity index (χ0v) is 12.3. The van der Waals surface area contributed by atoms with Gasteiger partial charge in [-0.05, 0) is 49.0 Å². The second-order valence-electron chi connectivity index (χ2n) is 5.02. The molecule has 19 heavy (non-hydrogen) atoms.